The molecule has 0 saturated carbocycles. The Labute approximate surface area is 105 Å². The van der Waals surface area contributed by atoms with Crippen LogP contribution in [0.15, 0.2) is 24.3 Å². The molecule has 0 bridgehead atoms. The molecule has 1 fully saturated rings. The van der Waals surface area contributed by atoms with Gasteiger partial charge in [0.25, 0.3) is 0 Å². The molecule has 0 radical (unpaired) electrons. The summed E-state index contributed by atoms with van der Waals surface area (Å²) in [7, 11) is -3.10. The maximum absolute atomic E-state index is 12.7. The third-order valence-corrected chi connectivity index (χ3v) is 3.82. The smallest absolute Gasteiger partial charge is 0.338 e. The second kappa shape index (κ2) is 5.23. The van der Waals surface area contributed by atoms with Crippen molar-refractivity contribution >= 4 is 16.8 Å². The van der Waals surface area contributed by atoms with Crippen molar-refractivity contribution in [2.24, 2.45) is 0 Å². The molecule has 0 aromatic heterocycles. The Hall–Kier alpha value is -1.15. The van der Waals surface area contributed by atoms with Gasteiger partial charge in [-0.1, -0.05) is 0 Å². The van der Waals surface area contributed by atoms with E-state index in [1.165, 1.54) is 12.1 Å². The first-order chi connectivity index (χ1) is 8.46. The second-order valence-corrected chi connectivity index (χ2v) is 5.70. The van der Waals surface area contributed by atoms with Crippen molar-refractivity contribution in [2.75, 3.05) is 12.4 Å². The molecule has 0 amide bonds. The molecule has 7 heteroatoms. The van der Waals surface area contributed by atoms with Crippen molar-refractivity contribution in [1.82, 2.24) is 0 Å². The normalized spacial score (nSPS) is 24.3. The molecule has 1 aliphatic heterocycles. The maximum Gasteiger partial charge on any atom is 0.338 e. The number of ether oxygens (including phenoxy) is 1. The molecule has 1 saturated heterocycles. The largest absolute Gasteiger partial charge is 0.458 e. The quantitative estimate of drug-likeness (QED) is 0.811. The predicted octanol–water partition coefficient (Wildman–Crippen LogP) is 2.44. The highest BCUT2D eigenvalue weighted by Gasteiger charge is 2.31. The molecular weight excluding hydrogens is 263 g/mol. The number of rotatable bonds is 2. The predicted molar refractivity (Wildman–Crippen MR) is 63.9 cm³/mol. The van der Waals surface area contributed by atoms with Gasteiger partial charge in [0.05, 0.1) is 28.8 Å². The van der Waals surface area contributed by atoms with E-state index in [0.29, 0.717) is 6.42 Å². The molecule has 2 rings (SSSR count). The lowest BCUT2D eigenvalue weighted by Gasteiger charge is -2.34. The van der Waals surface area contributed by atoms with Gasteiger partial charge in [0.15, 0.2) is 0 Å². The minimum atomic E-state index is -3.10. The Morgan fingerprint density at radius 1 is 1.39 bits per heavy atom. The summed E-state index contributed by atoms with van der Waals surface area (Å²) in [5, 5.41) is 0. The molecule has 1 heterocycles. The minimum absolute atomic E-state index is 0.125. The van der Waals surface area contributed by atoms with Gasteiger partial charge in [0.1, 0.15) is 11.9 Å². The van der Waals surface area contributed by atoms with Crippen molar-refractivity contribution < 1.29 is 27.2 Å². The number of halogens is 1. The zero-order valence-electron chi connectivity index (χ0n) is 9.41. The van der Waals surface area contributed by atoms with Gasteiger partial charge in [-0.25, -0.2) is 9.18 Å². The van der Waals surface area contributed by atoms with E-state index in [2.05, 4.69) is 0 Å². The molecular formula is C11H13FO5S. The fourth-order valence-corrected chi connectivity index (χ4v) is 2.76. The number of hydrogen-bond donors (Lipinski definition) is 2. The maximum atomic E-state index is 12.7. The van der Waals surface area contributed by atoms with Crippen LogP contribution in [0.2, 0.25) is 0 Å². The van der Waals surface area contributed by atoms with Gasteiger partial charge < -0.3 is 13.8 Å². The van der Waals surface area contributed by atoms with Crippen LogP contribution >= 0.6 is 10.9 Å². The Balaban J connectivity index is 1.97. The summed E-state index contributed by atoms with van der Waals surface area (Å²) in [6, 6.07) is 4.95. The van der Waals surface area contributed by atoms with Gasteiger partial charge in [0, 0.05) is 6.42 Å². The highest BCUT2D eigenvalue weighted by atomic mass is 32.3. The lowest BCUT2D eigenvalue weighted by Crippen LogP contribution is -2.32. The third-order valence-electron chi connectivity index (χ3n) is 2.47. The van der Waals surface area contributed by atoms with Gasteiger partial charge in [0.2, 0.25) is 0 Å². The zero-order chi connectivity index (χ0) is 13.2. The van der Waals surface area contributed by atoms with Crippen LogP contribution in [-0.2, 0) is 8.92 Å². The van der Waals surface area contributed by atoms with Gasteiger partial charge >= 0.3 is 5.97 Å². The number of carbonyl (C=O) groups is 1. The molecule has 1 unspecified atom stereocenters. The highest BCUT2D eigenvalue weighted by molar-refractivity contribution is 8.20. The molecule has 0 spiro atoms. The summed E-state index contributed by atoms with van der Waals surface area (Å²) in [6.07, 6.45) is -0.190. The lowest BCUT2D eigenvalue weighted by molar-refractivity contribution is 0.0249. The fraction of sp³-hybridized carbons (Fsp3) is 0.364. The Bertz CT molecular complexity index is 434. The van der Waals surface area contributed by atoms with Gasteiger partial charge in [-0.05, 0) is 24.3 Å². The molecule has 2 N–H and O–H groups in total. The van der Waals surface area contributed by atoms with Gasteiger partial charge in [-0.3, -0.25) is 4.18 Å². The molecule has 1 aromatic rings. The van der Waals surface area contributed by atoms with Crippen LogP contribution in [0.4, 0.5) is 4.39 Å². The summed E-state index contributed by atoms with van der Waals surface area (Å²) in [6.45, 7) is 0.129. The van der Waals surface area contributed by atoms with Crippen LogP contribution in [0, 0.1) is 5.82 Å². The first kappa shape index (κ1) is 13.3. The fourth-order valence-electron chi connectivity index (χ4n) is 1.58. The number of esters is 1. The number of hydrogen-bond acceptors (Lipinski definition) is 5. The molecule has 18 heavy (non-hydrogen) atoms. The SMILES string of the molecule is O=C(OC1CCOS(O)(O)C1)c1ccc(F)cc1. The average molecular weight is 276 g/mol. The lowest BCUT2D eigenvalue weighted by atomic mass is 10.2. The monoisotopic (exact) mass is 276 g/mol. The average Bonchev–Trinajstić information content (AvgIpc) is 2.28. The number of carbonyl (C=O) groups excluding carboxylic acids is 1. The van der Waals surface area contributed by atoms with Crippen molar-refractivity contribution in [3.8, 4) is 0 Å². The van der Waals surface area contributed by atoms with Gasteiger partial charge in [-0.2, -0.15) is 0 Å². The van der Waals surface area contributed by atoms with Gasteiger partial charge in [-0.15, -0.1) is 0 Å². The van der Waals surface area contributed by atoms with Crippen LogP contribution in [0.25, 0.3) is 0 Å². The molecule has 5 nitrogen and oxygen atoms in total. The molecule has 1 aliphatic rings. The third kappa shape index (κ3) is 3.42. The van der Waals surface area contributed by atoms with Crippen LogP contribution in [0.1, 0.15) is 16.8 Å². The van der Waals surface area contributed by atoms with Crippen LogP contribution in [0.3, 0.4) is 0 Å². The van der Waals surface area contributed by atoms with Crippen molar-refractivity contribution in [3.63, 3.8) is 0 Å². The van der Waals surface area contributed by atoms with Crippen LogP contribution in [-0.4, -0.2) is 33.5 Å². The van der Waals surface area contributed by atoms with E-state index in [-0.39, 0.29) is 17.9 Å². The molecule has 100 valence electrons. The molecule has 0 aliphatic carbocycles. The summed E-state index contributed by atoms with van der Waals surface area (Å²) < 4.78 is 41.2. The Morgan fingerprint density at radius 3 is 2.67 bits per heavy atom. The van der Waals surface area contributed by atoms with Crippen LogP contribution in [0.5, 0.6) is 0 Å². The van der Waals surface area contributed by atoms with E-state index in [4.69, 9.17) is 8.92 Å². The first-order valence-electron chi connectivity index (χ1n) is 5.33. The van der Waals surface area contributed by atoms with E-state index < -0.39 is 28.8 Å². The van der Waals surface area contributed by atoms with E-state index in [9.17, 15) is 18.3 Å². The van der Waals surface area contributed by atoms with E-state index in [1.54, 1.807) is 0 Å². The Morgan fingerprint density at radius 2 is 2.06 bits per heavy atom. The van der Waals surface area contributed by atoms with Crippen molar-refractivity contribution in [2.45, 2.75) is 12.5 Å². The zero-order valence-corrected chi connectivity index (χ0v) is 10.2. The van der Waals surface area contributed by atoms with E-state index >= 15 is 0 Å². The van der Waals surface area contributed by atoms with E-state index in [0.717, 1.165) is 12.1 Å². The second-order valence-electron chi connectivity index (χ2n) is 3.92. The number of benzene rings is 1. The van der Waals surface area contributed by atoms with Crippen LogP contribution < -0.4 is 0 Å². The summed E-state index contributed by atoms with van der Waals surface area (Å²) in [5.41, 5.74) is 0.222. The van der Waals surface area contributed by atoms with Crippen molar-refractivity contribution in [3.05, 3.63) is 35.6 Å². The summed E-state index contributed by atoms with van der Waals surface area (Å²) >= 11 is 0. The first-order valence-corrected chi connectivity index (χ1v) is 6.97. The van der Waals surface area contributed by atoms with E-state index in [1.807, 2.05) is 0 Å². The molecule has 1 aromatic carbocycles. The molecule has 1 atom stereocenters. The van der Waals surface area contributed by atoms with Crippen molar-refractivity contribution in [1.29, 1.82) is 0 Å². The topological polar surface area (TPSA) is 76.0 Å². The Kier molecular flexibility index (Phi) is 3.86. The highest BCUT2D eigenvalue weighted by Crippen LogP contribution is 2.44. The summed E-state index contributed by atoms with van der Waals surface area (Å²) in [4.78, 5) is 11.7. The minimum Gasteiger partial charge on any atom is -0.458 e. The summed E-state index contributed by atoms with van der Waals surface area (Å²) in [5.74, 6) is -1.18. The standard InChI is InChI=1S/C11H13FO5S/c12-9-3-1-8(2-4-9)11(13)17-10-5-6-16-18(14,15)7-10/h1-4,10,14-15H,5-7H2.